The lowest BCUT2D eigenvalue weighted by Crippen LogP contribution is -2.80. The topological polar surface area (TPSA) is 207 Å². The molecule has 2 aromatic rings. The normalized spacial score (nSPS) is 30.7. The SMILES string of the molecule is C=C(O[C@H]1C[C@@](O)([C@@H](OC(=O)c2ccccc2)[C@H]2[C@](C)(C(=O)[C@@H](C)O)[C@@H](O)CC3OC[C@]32OC(C)=O)C(C)(C)C=C1C)[C@H](O)[C@@H](NC(=O)OC(C)(C)C)c1ccccc1. The smallest absolute Gasteiger partial charge is 0.408 e. The molecule has 1 unspecified atom stereocenters. The number of ether oxygens (including phenoxy) is 5. The fourth-order valence-electron chi connectivity index (χ4n) is 9.04. The third kappa shape index (κ3) is 8.83. The fraction of sp³-hybridized carbons (Fsp3) is 0.556. The predicted octanol–water partition coefficient (Wildman–Crippen LogP) is 4.88. The lowest BCUT2D eigenvalue weighted by molar-refractivity contribution is -0.343. The van der Waals surface area contributed by atoms with E-state index >= 15 is 0 Å². The van der Waals surface area contributed by atoms with E-state index in [2.05, 4.69) is 11.9 Å². The quantitative estimate of drug-likeness (QED) is 0.0792. The number of esters is 2. The highest BCUT2D eigenvalue weighted by Crippen LogP contribution is 2.61. The van der Waals surface area contributed by atoms with Crippen LogP contribution in [0.2, 0.25) is 0 Å². The molecule has 1 amide bonds. The summed E-state index contributed by atoms with van der Waals surface area (Å²) in [6, 6.07) is 15.6. The first-order valence-electron chi connectivity index (χ1n) is 19.9. The Balaban J connectivity index is 1.62. The van der Waals surface area contributed by atoms with Gasteiger partial charge in [0.15, 0.2) is 11.4 Å². The van der Waals surface area contributed by atoms with Crippen molar-refractivity contribution in [1.82, 2.24) is 5.32 Å². The Morgan fingerprint density at radius 3 is 2.10 bits per heavy atom. The number of hydrogen-bond acceptors (Lipinski definition) is 13. The van der Waals surface area contributed by atoms with Gasteiger partial charge in [0.1, 0.15) is 47.5 Å². The average Bonchev–Trinajstić information content (AvgIpc) is 3.15. The Morgan fingerprint density at radius 2 is 1.58 bits per heavy atom. The summed E-state index contributed by atoms with van der Waals surface area (Å²) in [5.74, 6) is -4.14. The highest BCUT2D eigenvalue weighted by Gasteiger charge is 2.75. The summed E-state index contributed by atoms with van der Waals surface area (Å²) in [6.07, 6.45) is -8.05. The standard InChI is InChI=1S/C45H59NO13/c1-25-22-42(8,9)45(54,23-31(25)56-27(3)35(50)34(29-17-13-11-14-18-29)46-40(53)59-41(5,6)7)38(57-39(52)30-19-15-12-16-20-30)36-43(10,37(51)26(2)47)32(49)21-33-44(36,24-55-33)58-28(4)48/h11-20,22,26,31-36,38,47,49-50,54H,3,21,23-24H2,1-2,4-10H3,(H,46,53)/t26-,31+,32+,33?,34+,35+,36+,38+,43-,44+,45-/m1/s1. The van der Waals surface area contributed by atoms with Crippen molar-refractivity contribution in [3.8, 4) is 0 Å². The second-order valence-corrected chi connectivity index (χ2v) is 17.9. The second kappa shape index (κ2) is 16.8. The van der Waals surface area contributed by atoms with Gasteiger partial charge in [-0.15, -0.1) is 0 Å². The Labute approximate surface area is 345 Å². The molecule has 0 aromatic heterocycles. The molecular formula is C45H59NO13. The minimum absolute atomic E-state index is 0.109. The maximum atomic E-state index is 14.3. The van der Waals surface area contributed by atoms with Crippen LogP contribution in [-0.4, -0.2) is 104 Å². The number of nitrogens with one attached hydrogen (secondary N) is 1. The molecule has 11 atom stereocenters. The van der Waals surface area contributed by atoms with E-state index in [1.807, 2.05) is 0 Å². The first-order chi connectivity index (χ1) is 27.4. The molecule has 0 spiro atoms. The number of carbonyl (C=O) groups is 4. The van der Waals surface area contributed by atoms with E-state index in [0.717, 1.165) is 0 Å². The van der Waals surface area contributed by atoms with Gasteiger partial charge < -0.3 is 49.4 Å². The van der Waals surface area contributed by atoms with Crippen LogP contribution in [-0.2, 0) is 33.3 Å². The molecule has 2 aromatic carbocycles. The number of fused-ring (bicyclic) bond motifs is 1. The molecule has 1 heterocycles. The summed E-state index contributed by atoms with van der Waals surface area (Å²) in [5, 5.41) is 50.7. The largest absolute Gasteiger partial charge is 0.488 e. The highest BCUT2D eigenvalue weighted by molar-refractivity contribution is 5.91. The van der Waals surface area contributed by atoms with Gasteiger partial charge in [-0.2, -0.15) is 0 Å². The molecular weight excluding hydrogens is 762 g/mol. The fourth-order valence-corrected chi connectivity index (χ4v) is 9.04. The molecule has 1 saturated carbocycles. The van der Waals surface area contributed by atoms with Crippen LogP contribution in [0.3, 0.4) is 0 Å². The van der Waals surface area contributed by atoms with Crippen molar-refractivity contribution in [3.05, 3.63) is 95.8 Å². The molecule has 14 nitrogen and oxygen atoms in total. The molecule has 2 fully saturated rings. The lowest BCUT2D eigenvalue weighted by Gasteiger charge is -2.65. The maximum absolute atomic E-state index is 14.3. The van der Waals surface area contributed by atoms with Gasteiger partial charge in [-0.25, -0.2) is 9.59 Å². The number of benzene rings is 2. The first-order valence-corrected chi connectivity index (χ1v) is 19.9. The van der Waals surface area contributed by atoms with Crippen LogP contribution in [0, 0.1) is 16.7 Å². The summed E-state index contributed by atoms with van der Waals surface area (Å²) >= 11 is 0. The van der Waals surface area contributed by atoms with Crippen LogP contribution in [0.5, 0.6) is 0 Å². The minimum atomic E-state index is -2.20. The van der Waals surface area contributed by atoms with Crippen molar-refractivity contribution >= 4 is 23.8 Å². The summed E-state index contributed by atoms with van der Waals surface area (Å²) in [6.45, 7) is 17.9. The molecule has 0 radical (unpaired) electrons. The van der Waals surface area contributed by atoms with Gasteiger partial charge in [0.05, 0.1) is 35.6 Å². The Kier molecular flexibility index (Phi) is 13.0. The number of alkyl carbamates (subject to hydrolysis) is 1. The monoisotopic (exact) mass is 821 g/mol. The number of amides is 1. The molecule has 5 N–H and O–H groups in total. The summed E-state index contributed by atoms with van der Waals surface area (Å²) < 4.78 is 30.2. The van der Waals surface area contributed by atoms with Gasteiger partial charge in [0.2, 0.25) is 0 Å². The third-order valence-electron chi connectivity index (χ3n) is 12.1. The molecule has 1 saturated heterocycles. The zero-order valence-corrected chi connectivity index (χ0v) is 35.3. The van der Waals surface area contributed by atoms with E-state index in [1.165, 1.54) is 32.9 Å². The number of rotatable bonds is 13. The van der Waals surface area contributed by atoms with E-state index in [1.54, 1.807) is 96.1 Å². The zero-order valence-electron chi connectivity index (χ0n) is 35.3. The van der Waals surface area contributed by atoms with Gasteiger partial charge >= 0.3 is 18.0 Å². The molecule has 322 valence electrons. The van der Waals surface area contributed by atoms with Crippen molar-refractivity contribution in [2.75, 3.05) is 6.61 Å². The first kappa shape index (κ1) is 45.5. The van der Waals surface area contributed by atoms with E-state index in [-0.39, 0.29) is 30.8 Å². The molecule has 0 bridgehead atoms. The van der Waals surface area contributed by atoms with E-state index in [0.29, 0.717) is 11.1 Å². The number of carbonyl (C=O) groups excluding carboxylic acids is 4. The molecule has 3 aliphatic rings. The van der Waals surface area contributed by atoms with Crippen molar-refractivity contribution in [2.45, 2.75) is 135 Å². The Morgan fingerprint density at radius 1 is 0.983 bits per heavy atom. The van der Waals surface area contributed by atoms with Gasteiger partial charge in [0, 0.05) is 25.2 Å². The molecule has 59 heavy (non-hydrogen) atoms. The molecule has 5 rings (SSSR count). The molecule has 14 heteroatoms. The van der Waals surface area contributed by atoms with Crippen molar-refractivity contribution in [1.29, 1.82) is 0 Å². The number of aliphatic hydroxyl groups is 4. The number of hydrogen-bond donors (Lipinski definition) is 5. The van der Waals surface area contributed by atoms with Crippen LogP contribution in [0.25, 0.3) is 0 Å². The van der Waals surface area contributed by atoms with Crippen LogP contribution < -0.4 is 5.32 Å². The van der Waals surface area contributed by atoms with E-state index in [9.17, 15) is 39.6 Å². The van der Waals surface area contributed by atoms with E-state index in [4.69, 9.17) is 23.7 Å². The van der Waals surface area contributed by atoms with Crippen LogP contribution in [0.1, 0.15) is 97.1 Å². The van der Waals surface area contributed by atoms with Crippen molar-refractivity contribution in [2.24, 2.45) is 16.7 Å². The van der Waals surface area contributed by atoms with Crippen molar-refractivity contribution in [3.63, 3.8) is 0 Å². The van der Waals surface area contributed by atoms with Crippen molar-refractivity contribution < 1.29 is 63.3 Å². The summed E-state index contributed by atoms with van der Waals surface area (Å²) in [7, 11) is 0. The predicted molar refractivity (Wildman–Crippen MR) is 214 cm³/mol. The number of ketones is 1. The Hall–Kier alpha value is -4.60. The average molecular weight is 822 g/mol. The Bertz CT molecular complexity index is 1920. The van der Waals surface area contributed by atoms with Gasteiger partial charge in [-0.1, -0.05) is 75.0 Å². The van der Waals surface area contributed by atoms with E-state index < -0.39 is 100 Å². The summed E-state index contributed by atoms with van der Waals surface area (Å²) in [5.41, 5.74) is -6.80. The molecule has 1 aliphatic heterocycles. The summed E-state index contributed by atoms with van der Waals surface area (Å²) in [4.78, 5) is 54.4. The van der Waals surface area contributed by atoms with Gasteiger partial charge in [-0.05, 0) is 64.8 Å². The van der Waals surface area contributed by atoms with Crippen LogP contribution in [0.4, 0.5) is 4.79 Å². The zero-order chi connectivity index (χ0) is 43.9. The van der Waals surface area contributed by atoms with Gasteiger partial charge in [0.25, 0.3) is 0 Å². The maximum Gasteiger partial charge on any atom is 0.408 e. The number of Topliss-reactive ketones (excluding diaryl/α,β-unsaturated/α-hetero) is 1. The highest BCUT2D eigenvalue weighted by atomic mass is 16.6. The number of aliphatic hydroxyl groups excluding tert-OH is 3. The minimum Gasteiger partial charge on any atom is -0.488 e. The van der Waals surface area contributed by atoms with Crippen LogP contribution in [0.15, 0.2) is 84.7 Å². The second-order valence-electron chi connectivity index (χ2n) is 17.9. The third-order valence-corrected chi connectivity index (χ3v) is 12.1. The molecule has 2 aliphatic carbocycles. The van der Waals surface area contributed by atoms with Crippen LogP contribution >= 0.6 is 0 Å². The lowest BCUT2D eigenvalue weighted by atomic mass is 9.48. The van der Waals surface area contributed by atoms with Gasteiger partial charge in [-0.3, -0.25) is 9.59 Å².